The number of aliphatic hydroxyl groups is 1. The van der Waals surface area contributed by atoms with E-state index < -0.39 is 6.10 Å². The van der Waals surface area contributed by atoms with Gasteiger partial charge >= 0.3 is 0 Å². The van der Waals surface area contributed by atoms with Crippen LogP contribution in [0.2, 0.25) is 0 Å². The molecule has 0 saturated heterocycles. The summed E-state index contributed by atoms with van der Waals surface area (Å²) in [4.78, 5) is 2.19. The van der Waals surface area contributed by atoms with Gasteiger partial charge in [-0.3, -0.25) is 0 Å². The Hall–Kier alpha value is -0.860. The molecule has 2 nitrogen and oxygen atoms in total. The van der Waals surface area contributed by atoms with E-state index >= 15 is 0 Å². The molecule has 1 unspecified atom stereocenters. The van der Waals surface area contributed by atoms with Gasteiger partial charge in [-0.15, -0.1) is 0 Å². The van der Waals surface area contributed by atoms with Gasteiger partial charge < -0.3 is 10.0 Å². The monoisotopic (exact) mass is 275 g/mol. The van der Waals surface area contributed by atoms with Crippen molar-refractivity contribution in [1.82, 2.24) is 4.90 Å². The molecule has 1 atom stereocenters. The van der Waals surface area contributed by atoms with Crippen LogP contribution in [0.15, 0.2) is 24.3 Å². The molecule has 2 heteroatoms. The minimum absolute atomic E-state index is 0.168. The Bertz CT molecular complexity index is 433. The van der Waals surface area contributed by atoms with Crippen LogP contribution in [-0.2, 0) is 0 Å². The van der Waals surface area contributed by atoms with E-state index in [2.05, 4.69) is 57.1 Å². The lowest BCUT2D eigenvalue weighted by atomic mass is 9.77. The fourth-order valence-electron chi connectivity index (χ4n) is 3.55. The maximum Gasteiger partial charge on any atom is 0.0973 e. The van der Waals surface area contributed by atoms with Crippen molar-refractivity contribution >= 4 is 0 Å². The molecule has 0 bridgehead atoms. The Morgan fingerprint density at radius 3 is 2.35 bits per heavy atom. The average molecular weight is 275 g/mol. The standard InChI is InChI=1S/C18H29NO/c1-5-18(6-2,19(3)4)17(20)16-12-8-11-15(13-16)14-9-7-10-14/h8,11-14,17,20H,5-7,9-10H2,1-4H3. The summed E-state index contributed by atoms with van der Waals surface area (Å²) in [6.45, 7) is 4.34. The van der Waals surface area contributed by atoms with Crippen LogP contribution >= 0.6 is 0 Å². The quantitative estimate of drug-likeness (QED) is 0.844. The fourth-order valence-corrected chi connectivity index (χ4v) is 3.55. The number of aliphatic hydroxyl groups excluding tert-OH is 1. The predicted molar refractivity (Wildman–Crippen MR) is 85.0 cm³/mol. The number of hydrogen-bond donors (Lipinski definition) is 1. The first-order valence-electron chi connectivity index (χ1n) is 8.00. The van der Waals surface area contributed by atoms with Crippen LogP contribution in [0.5, 0.6) is 0 Å². The molecule has 1 aromatic carbocycles. The number of rotatable bonds is 6. The van der Waals surface area contributed by atoms with Crippen LogP contribution in [0, 0.1) is 0 Å². The second-order valence-corrected chi connectivity index (χ2v) is 6.41. The average Bonchev–Trinajstić information content (AvgIpc) is 2.38. The summed E-state index contributed by atoms with van der Waals surface area (Å²) in [6, 6.07) is 8.64. The summed E-state index contributed by atoms with van der Waals surface area (Å²) < 4.78 is 0. The van der Waals surface area contributed by atoms with Gasteiger partial charge in [0.2, 0.25) is 0 Å². The van der Waals surface area contributed by atoms with Gasteiger partial charge in [-0.2, -0.15) is 0 Å². The van der Waals surface area contributed by atoms with E-state index in [0.717, 1.165) is 24.3 Å². The fraction of sp³-hybridized carbons (Fsp3) is 0.667. The van der Waals surface area contributed by atoms with Crippen LogP contribution in [0.4, 0.5) is 0 Å². The zero-order valence-corrected chi connectivity index (χ0v) is 13.4. The highest BCUT2D eigenvalue weighted by molar-refractivity contribution is 5.30. The highest BCUT2D eigenvalue weighted by Crippen LogP contribution is 2.40. The van der Waals surface area contributed by atoms with Crippen LogP contribution < -0.4 is 0 Å². The molecule has 2 rings (SSSR count). The molecule has 0 amide bonds. The third kappa shape index (κ3) is 2.64. The van der Waals surface area contributed by atoms with Crippen molar-refractivity contribution in [3.8, 4) is 0 Å². The van der Waals surface area contributed by atoms with Crippen molar-refractivity contribution < 1.29 is 5.11 Å². The van der Waals surface area contributed by atoms with E-state index in [0.29, 0.717) is 0 Å². The summed E-state index contributed by atoms with van der Waals surface area (Å²) in [7, 11) is 4.15. The molecule has 20 heavy (non-hydrogen) atoms. The molecule has 1 aromatic rings. The first kappa shape index (κ1) is 15.5. The molecule has 0 aromatic heterocycles. The molecule has 1 saturated carbocycles. The molecule has 1 aliphatic carbocycles. The minimum Gasteiger partial charge on any atom is -0.386 e. The van der Waals surface area contributed by atoms with E-state index in [1.807, 2.05) is 0 Å². The van der Waals surface area contributed by atoms with Gasteiger partial charge in [0.25, 0.3) is 0 Å². The Morgan fingerprint density at radius 1 is 1.25 bits per heavy atom. The zero-order chi connectivity index (χ0) is 14.8. The predicted octanol–water partition coefficient (Wildman–Crippen LogP) is 4.11. The molecule has 0 radical (unpaired) electrons. The van der Waals surface area contributed by atoms with Gasteiger partial charge in [-0.1, -0.05) is 44.5 Å². The molecule has 1 fully saturated rings. The summed E-state index contributed by atoms with van der Waals surface area (Å²) in [5, 5.41) is 11.0. The normalized spacial score (nSPS) is 18.1. The van der Waals surface area contributed by atoms with Gasteiger partial charge in [0.05, 0.1) is 6.10 Å². The highest BCUT2D eigenvalue weighted by atomic mass is 16.3. The van der Waals surface area contributed by atoms with Gasteiger partial charge in [-0.25, -0.2) is 0 Å². The van der Waals surface area contributed by atoms with E-state index in [1.54, 1.807) is 0 Å². The van der Waals surface area contributed by atoms with Crippen LogP contribution in [0.3, 0.4) is 0 Å². The van der Waals surface area contributed by atoms with Crippen molar-refractivity contribution in [2.45, 2.75) is 63.5 Å². The molecular formula is C18H29NO. The molecule has 1 aliphatic rings. The SMILES string of the molecule is CCC(CC)(C(O)c1cccc(C2CCC2)c1)N(C)C. The lowest BCUT2D eigenvalue weighted by Gasteiger charge is -2.43. The Labute approximate surface area is 123 Å². The topological polar surface area (TPSA) is 23.5 Å². The first-order valence-corrected chi connectivity index (χ1v) is 8.00. The van der Waals surface area contributed by atoms with E-state index in [4.69, 9.17) is 0 Å². The Balaban J connectivity index is 2.29. The third-order valence-corrected chi connectivity index (χ3v) is 5.43. The first-order chi connectivity index (χ1) is 9.55. The van der Waals surface area contributed by atoms with E-state index in [9.17, 15) is 5.11 Å². The van der Waals surface area contributed by atoms with Gasteiger partial charge in [-0.05, 0) is 56.8 Å². The number of hydrogen-bond acceptors (Lipinski definition) is 2. The number of likely N-dealkylation sites (N-methyl/N-ethyl adjacent to an activating group) is 1. The molecule has 1 N–H and O–H groups in total. The summed E-state index contributed by atoms with van der Waals surface area (Å²) in [5.41, 5.74) is 2.32. The molecule has 0 spiro atoms. The maximum atomic E-state index is 11.0. The van der Waals surface area contributed by atoms with Crippen molar-refractivity contribution in [1.29, 1.82) is 0 Å². The largest absolute Gasteiger partial charge is 0.386 e. The van der Waals surface area contributed by atoms with Crippen molar-refractivity contribution in [2.75, 3.05) is 14.1 Å². The minimum atomic E-state index is -0.424. The van der Waals surface area contributed by atoms with E-state index in [1.165, 1.54) is 24.8 Å². The zero-order valence-electron chi connectivity index (χ0n) is 13.4. The lowest BCUT2D eigenvalue weighted by molar-refractivity contribution is -0.0150. The second-order valence-electron chi connectivity index (χ2n) is 6.41. The van der Waals surface area contributed by atoms with E-state index in [-0.39, 0.29) is 5.54 Å². The van der Waals surface area contributed by atoms with Crippen LogP contribution in [-0.4, -0.2) is 29.6 Å². The second kappa shape index (κ2) is 6.28. The summed E-state index contributed by atoms with van der Waals surface area (Å²) >= 11 is 0. The molecule has 112 valence electrons. The highest BCUT2D eigenvalue weighted by Gasteiger charge is 2.37. The Kier molecular flexibility index (Phi) is 4.87. The van der Waals surface area contributed by atoms with Crippen LogP contribution in [0.1, 0.15) is 69.1 Å². The third-order valence-electron chi connectivity index (χ3n) is 5.43. The van der Waals surface area contributed by atoms with Crippen molar-refractivity contribution in [2.24, 2.45) is 0 Å². The van der Waals surface area contributed by atoms with Crippen molar-refractivity contribution in [3.63, 3.8) is 0 Å². The summed E-state index contributed by atoms with van der Waals surface area (Å²) in [5.74, 6) is 0.721. The molecule has 0 heterocycles. The van der Waals surface area contributed by atoms with Crippen molar-refractivity contribution in [3.05, 3.63) is 35.4 Å². The summed E-state index contributed by atoms with van der Waals surface area (Å²) in [6.07, 6.45) is 5.44. The van der Waals surface area contributed by atoms with Gasteiger partial charge in [0.1, 0.15) is 0 Å². The molecular weight excluding hydrogens is 246 g/mol. The van der Waals surface area contributed by atoms with Gasteiger partial charge in [0.15, 0.2) is 0 Å². The molecule has 0 aliphatic heterocycles. The number of nitrogens with zero attached hydrogens (tertiary/aromatic N) is 1. The number of benzene rings is 1. The maximum absolute atomic E-state index is 11.0. The van der Waals surface area contributed by atoms with Gasteiger partial charge in [0, 0.05) is 5.54 Å². The van der Waals surface area contributed by atoms with Crippen LogP contribution in [0.25, 0.3) is 0 Å². The Morgan fingerprint density at radius 2 is 1.90 bits per heavy atom. The lowest BCUT2D eigenvalue weighted by Crippen LogP contribution is -2.48. The smallest absolute Gasteiger partial charge is 0.0973 e.